The number of likely N-dealkylation sites (tertiary alicyclic amines) is 1. The average Bonchev–Trinajstić information content (AvgIpc) is 2.24. The van der Waals surface area contributed by atoms with Crippen LogP contribution in [0.25, 0.3) is 0 Å². The molecule has 0 aromatic carbocycles. The lowest BCUT2D eigenvalue weighted by Crippen LogP contribution is -2.74. The van der Waals surface area contributed by atoms with Gasteiger partial charge in [-0.05, 0) is 20.8 Å². The molecule has 4 nitrogen and oxygen atoms in total. The summed E-state index contributed by atoms with van der Waals surface area (Å²) in [5, 5.41) is 6.03. The van der Waals surface area contributed by atoms with Crippen molar-refractivity contribution in [2.45, 2.75) is 31.8 Å². The summed E-state index contributed by atoms with van der Waals surface area (Å²) in [4.78, 5) is 13.8. The van der Waals surface area contributed by atoms with Gasteiger partial charge in [-0.2, -0.15) is 0 Å². The minimum absolute atomic E-state index is 0.160. The van der Waals surface area contributed by atoms with Gasteiger partial charge in [0.05, 0.1) is 6.67 Å². The topological polar surface area (TPSA) is 44.4 Å². The van der Waals surface area contributed by atoms with Crippen molar-refractivity contribution in [2.75, 3.05) is 19.8 Å². The Labute approximate surface area is 78.7 Å². The molecule has 0 radical (unpaired) electrons. The summed E-state index contributed by atoms with van der Waals surface area (Å²) in [6.45, 7) is 8.81. The van der Waals surface area contributed by atoms with Crippen LogP contribution in [-0.4, -0.2) is 41.6 Å². The van der Waals surface area contributed by atoms with E-state index in [9.17, 15) is 4.79 Å². The lowest BCUT2D eigenvalue weighted by atomic mass is 9.85. The second-order valence-corrected chi connectivity index (χ2v) is 4.97. The number of nitrogens with zero attached hydrogens (tertiary/aromatic N) is 1. The quantitative estimate of drug-likeness (QED) is 0.533. The van der Waals surface area contributed by atoms with E-state index in [2.05, 4.69) is 36.3 Å². The molecule has 4 heteroatoms. The van der Waals surface area contributed by atoms with Crippen molar-refractivity contribution in [2.24, 2.45) is 0 Å². The molecule has 1 amide bonds. The third-order valence-electron chi connectivity index (χ3n) is 2.98. The third-order valence-corrected chi connectivity index (χ3v) is 2.98. The highest BCUT2D eigenvalue weighted by molar-refractivity contribution is 5.90. The van der Waals surface area contributed by atoms with Crippen LogP contribution in [0, 0.1) is 0 Å². The Morgan fingerprint density at radius 2 is 2.00 bits per heavy atom. The fourth-order valence-corrected chi connectivity index (χ4v) is 1.88. The molecular formula is C9H17N3O. The Morgan fingerprint density at radius 1 is 1.38 bits per heavy atom. The summed E-state index contributed by atoms with van der Waals surface area (Å²) in [7, 11) is 0. The zero-order chi connectivity index (χ0) is 9.69. The molecule has 2 N–H and O–H groups in total. The predicted octanol–water partition coefficient (Wildman–Crippen LogP) is -0.484. The second-order valence-electron chi connectivity index (χ2n) is 4.97. The van der Waals surface area contributed by atoms with Crippen LogP contribution in [0.5, 0.6) is 0 Å². The molecular weight excluding hydrogens is 166 g/mol. The van der Waals surface area contributed by atoms with Crippen molar-refractivity contribution in [3.05, 3.63) is 0 Å². The van der Waals surface area contributed by atoms with Crippen molar-refractivity contribution in [3.63, 3.8) is 0 Å². The summed E-state index contributed by atoms with van der Waals surface area (Å²) in [5.41, 5.74) is -0.0942. The van der Waals surface area contributed by atoms with Gasteiger partial charge >= 0.3 is 0 Å². The smallest absolute Gasteiger partial charge is 0.244 e. The van der Waals surface area contributed by atoms with Gasteiger partial charge < -0.3 is 5.32 Å². The maximum Gasteiger partial charge on any atom is 0.244 e. The molecule has 0 unspecified atom stereocenters. The molecule has 2 fully saturated rings. The molecule has 2 aliphatic heterocycles. The lowest BCUT2D eigenvalue weighted by molar-refractivity contribution is -0.133. The summed E-state index contributed by atoms with van der Waals surface area (Å²) >= 11 is 0. The molecule has 0 saturated carbocycles. The number of rotatable bonds is 0. The zero-order valence-electron chi connectivity index (χ0n) is 8.48. The Morgan fingerprint density at radius 3 is 2.38 bits per heavy atom. The maximum absolute atomic E-state index is 11.5. The van der Waals surface area contributed by atoms with Crippen LogP contribution in [0.1, 0.15) is 20.8 Å². The molecule has 0 atom stereocenters. The van der Waals surface area contributed by atoms with Crippen LogP contribution in [0.15, 0.2) is 0 Å². The minimum atomic E-state index is -0.271. The van der Waals surface area contributed by atoms with E-state index in [-0.39, 0.29) is 17.0 Å². The Bertz CT molecular complexity index is 238. The van der Waals surface area contributed by atoms with Crippen molar-refractivity contribution >= 4 is 5.91 Å². The number of hydrogen-bond acceptors (Lipinski definition) is 3. The molecule has 13 heavy (non-hydrogen) atoms. The van der Waals surface area contributed by atoms with Crippen molar-refractivity contribution in [3.8, 4) is 0 Å². The van der Waals surface area contributed by atoms with Gasteiger partial charge in [0, 0.05) is 18.6 Å². The molecule has 0 aromatic rings. The predicted molar refractivity (Wildman–Crippen MR) is 50.2 cm³/mol. The lowest BCUT2D eigenvalue weighted by Gasteiger charge is -2.52. The van der Waals surface area contributed by atoms with Gasteiger partial charge in [0.25, 0.3) is 0 Å². The molecule has 0 aromatic heterocycles. The number of carbonyl (C=O) groups excluding carboxylic acids is 1. The number of hydrogen-bond donors (Lipinski definition) is 2. The second kappa shape index (κ2) is 2.45. The molecule has 2 saturated heterocycles. The van der Waals surface area contributed by atoms with Crippen molar-refractivity contribution in [1.29, 1.82) is 0 Å². The SMILES string of the molecule is CC(C)(C)N1CC2(C1)NCNC2=O. The summed E-state index contributed by atoms with van der Waals surface area (Å²) in [6, 6.07) is 0. The van der Waals surface area contributed by atoms with E-state index in [0.29, 0.717) is 6.67 Å². The van der Waals surface area contributed by atoms with Crippen LogP contribution >= 0.6 is 0 Å². The van der Waals surface area contributed by atoms with E-state index < -0.39 is 0 Å². The van der Waals surface area contributed by atoms with Gasteiger partial charge in [0.1, 0.15) is 5.54 Å². The average molecular weight is 183 g/mol. The number of amides is 1. The first kappa shape index (κ1) is 8.97. The van der Waals surface area contributed by atoms with Gasteiger partial charge in [-0.3, -0.25) is 15.0 Å². The molecule has 0 aliphatic carbocycles. The van der Waals surface area contributed by atoms with Crippen molar-refractivity contribution in [1.82, 2.24) is 15.5 Å². The first-order valence-electron chi connectivity index (χ1n) is 4.72. The van der Waals surface area contributed by atoms with Gasteiger partial charge in [0.2, 0.25) is 5.91 Å². The first-order chi connectivity index (χ1) is 5.94. The number of carbonyl (C=O) groups is 1. The molecule has 0 bridgehead atoms. The summed E-state index contributed by atoms with van der Waals surface area (Å²) in [5.74, 6) is 0.160. The standard InChI is InChI=1S/C9H17N3O/c1-8(2,3)12-4-9(5-12)7(13)10-6-11-9/h11H,4-6H2,1-3H3,(H,10,13). The third kappa shape index (κ3) is 1.25. The van der Waals surface area contributed by atoms with E-state index in [1.54, 1.807) is 0 Å². The van der Waals surface area contributed by atoms with Gasteiger partial charge in [-0.15, -0.1) is 0 Å². The van der Waals surface area contributed by atoms with E-state index in [1.165, 1.54) is 0 Å². The van der Waals surface area contributed by atoms with Gasteiger partial charge in [-0.1, -0.05) is 0 Å². The minimum Gasteiger partial charge on any atom is -0.342 e. The normalized spacial score (nSPS) is 27.5. The Hall–Kier alpha value is -0.610. The van der Waals surface area contributed by atoms with Gasteiger partial charge in [-0.25, -0.2) is 0 Å². The Balaban J connectivity index is 2.00. The highest BCUT2D eigenvalue weighted by Crippen LogP contribution is 2.30. The van der Waals surface area contributed by atoms with Crippen LogP contribution in [-0.2, 0) is 4.79 Å². The first-order valence-corrected chi connectivity index (χ1v) is 4.72. The zero-order valence-corrected chi connectivity index (χ0v) is 8.48. The highest BCUT2D eigenvalue weighted by Gasteiger charge is 2.54. The Kier molecular flexibility index (Phi) is 1.69. The molecule has 2 heterocycles. The molecule has 74 valence electrons. The molecule has 2 aliphatic rings. The summed E-state index contributed by atoms with van der Waals surface area (Å²) in [6.07, 6.45) is 0. The largest absolute Gasteiger partial charge is 0.342 e. The van der Waals surface area contributed by atoms with Crippen LogP contribution in [0.3, 0.4) is 0 Å². The monoisotopic (exact) mass is 183 g/mol. The summed E-state index contributed by atoms with van der Waals surface area (Å²) < 4.78 is 0. The number of nitrogens with one attached hydrogen (secondary N) is 2. The van der Waals surface area contributed by atoms with Gasteiger partial charge in [0.15, 0.2) is 0 Å². The fourth-order valence-electron chi connectivity index (χ4n) is 1.88. The maximum atomic E-state index is 11.5. The highest BCUT2D eigenvalue weighted by atomic mass is 16.2. The van der Waals surface area contributed by atoms with E-state index in [4.69, 9.17) is 0 Å². The van der Waals surface area contributed by atoms with Crippen LogP contribution < -0.4 is 10.6 Å². The van der Waals surface area contributed by atoms with E-state index in [1.807, 2.05) is 0 Å². The van der Waals surface area contributed by atoms with Crippen LogP contribution in [0.4, 0.5) is 0 Å². The van der Waals surface area contributed by atoms with Crippen LogP contribution in [0.2, 0.25) is 0 Å². The van der Waals surface area contributed by atoms with E-state index >= 15 is 0 Å². The van der Waals surface area contributed by atoms with Crippen molar-refractivity contribution < 1.29 is 4.79 Å². The molecule has 2 rings (SSSR count). The van der Waals surface area contributed by atoms with E-state index in [0.717, 1.165) is 13.1 Å². The molecule has 1 spiro atoms. The fraction of sp³-hybridized carbons (Fsp3) is 0.889.